The third-order valence-corrected chi connectivity index (χ3v) is 9.37. The summed E-state index contributed by atoms with van der Waals surface area (Å²) in [6, 6.07) is 20.7. The maximum Gasteiger partial charge on any atom is 0.416 e. The minimum atomic E-state index is -4.34. The molecular weight excluding hydrogens is 595 g/mol. The molecule has 3 aromatic rings. The number of benzene rings is 3. The van der Waals surface area contributed by atoms with Crippen molar-refractivity contribution in [2.45, 2.75) is 63.1 Å². The van der Waals surface area contributed by atoms with E-state index >= 15 is 0 Å². The number of ether oxygens (including phenoxy) is 1. The first-order valence-corrected chi connectivity index (χ1v) is 15.9. The molecular formula is C35H40F3N5O3. The van der Waals surface area contributed by atoms with Gasteiger partial charge in [0, 0.05) is 75.9 Å². The van der Waals surface area contributed by atoms with Gasteiger partial charge in [0.2, 0.25) is 0 Å². The van der Waals surface area contributed by atoms with E-state index in [1.165, 1.54) is 17.7 Å². The summed E-state index contributed by atoms with van der Waals surface area (Å²) in [7, 11) is 0. The van der Waals surface area contributed by atoms with E-state index < -0.39 is 17.3 Å². The van der Waals surface area contributed by atoms with E-state index in [4.69, 9.17) is 10.5 Å². The van der Waals surface area contributed by atoms with Gasteiger partial charge in [0.05, 0.1) is 12.1 Å². The van der Waals surface area contributed by atoms with Crippen LogP contribution in [0.25, 0.3) is 0 Å². The molecule has 3 aliphatic rings. The van der Waals surface area contributed by atoms with Gasteiger partial charge < -0.3 is 15.8 Å². The fourth-order valence-electron chi connectivity index (χ4n) is 6.69. The molecule has 11 heteroatoms. The Hall–Kier alpha value is -4.09. The number of nitrogens with two attached hydrogens (primary N) is 1. The highest BCUT2D eigenvalue weighted by Crippen LogP contribution is 2.35. The van der Waals surface area contributed by atoms with Gasteiger partial charge in [-0.1, -0.05) is 36.4 Å². The lowest BCUT2D eigenvalue weighted by Crippen LogP contribution is -2.46. The molecule has 8 nitrogen and oxygen atoms in total. The third kappa shape index (κ3) is 7.82. The van der Waals surface area contributed by atoms with Crippen molar-refractivity contribution in [1.29, 1.82) is 0 Å². The second-order valence-electron chi connectivity index (χ2n) is 12.8. The summed E-state index contributed by atoms with van der Waals surface area (Å²) in [6.45, 7) is 5.47. The molecule has 3 N–H and O–H groups in total. The van der Waals surface area contributed by atoms with Gasteiger partial charge in [-0.15, -0.1) is 0 Å². The van der Waals surface area contributed by atoms with E-state index in [2.05, 4.69) is 21.2 Å². The fourth-order valence-corrected chi connectivity index (χ4v) is 6.69. The number of likely N-dealkylation sites (tertiary alicyclic amines) is 2. The second-order valence-corrected chi connectivity index (χ2v) is 12.8. The van der Waals surface area contributed by atoms with E-state index in [9.17, 15) is 22.8 Å². The van der Waals surface area contributed by atoms with E-state index in [1.54, 1.807) is 17.0 Å². The maximum atomic E-state index is 13.0. The first kappa shape index (κ1) is 31.9. The Balaban J connectivity index is 0.939. The predicted molar refractivity (Wildman–Crippen MR) is 169 cm³/mol. The van der Waals surface area contributed by atoms with Crippen LogP contribution in [0, 0.1) is 0 Å². The Bertz CT molecular complexity index is 1510. The number of rotatable bonds is 8. The van der Waals surface area contributed by atoms with E-state index in [0.29, 0.717) is 51.1 Å². The number of piperidine rings is 2. The van der Waals surface area contributed by atoms with Crippen molar-refractivity contribution in [2.24, 2.45) is 0 Å². The largest absolute Gasteiger partial charge is 0.441 e. The number of anilines is 1. The molecule has 2 amide bonds. The highest BCUT2D eigenvalue weighted by atomic mass is 19.4. The van der Waals surface area contributed by atoms with E-state index in [0.717, 1.165) is 61.4 Å². The Labute approximate surface area is 267 Å². The van der Waals surface area contributed by atoms with Gasteiger partial charge in [-0.2, -0.15) is 13.2 Å². The smallest absolute Gasteiger partial charge is 0.416 e. The highest BCUT2D eigenvalue weighted by Gasteiger charge is 2.46. The van der Waals surface area contributed by atoms with Gasteiger partial charge in [-0.05, 0) is 65.9 Å². The average molecular weight is 636 g/mol. The molecule has 0 atom stereocenters. The van der Waals surface area contributed by atoms with Crippen molar-refractivity contribution in [3.05, 3.63) is 101 Å². The van der Waals surface area contributed by atoms with Crippen molar-refractivity contribution in [2.75, 3.05) is 38.5 Å². The zero-order valence-electron chi connectivity index (χ0n) is 25.8. The number of nitrogens with one attached hydrogen (secondary N) is 1. The number of carbonyl (C=O) groups is 2. The van der Waals surface area contributed by atoms with Crippen LogP contribution >= 0.6 is 0 Å². The number of carbonyl (C=O) groups excluding carboxylic acids is 2. The molecule has 3 saturated heterocycles. The molecule has 3 heterocycles. The minimum Gasteiger partial charge on any atom is -0.441 e. The number of nitrogens with zero attached hydrogens (tertiary/aromatic N) is 3. The average Bonchev–Trinajstić information content (AvgIpc) is 3.33. The monoisotopic (exact) mass is 635 g/mol. The topological polar surface area (TPSA) is 91.1 Å². The number of amides is 2. The van der Waals surface area contributed by atoms with Crippen LogP contribution in [-0.2, 0) is 30.5 Å². The van der Waals surface area contributed by atoms with Crippen LogP contribution in [0.1, 0.15) is 58.3 Å². The maximum absolute atomic E-state index is 13.0. The molecule has 244 valence electrons. The molecule has 0 aromatic heterocycles. The summed E-state index contributed by atoms with van der Waals surface area (Å²) in [4.78, 5) is 32.0. The van der Waals surface area contributed by atoms with Gasteiger partial charge in [-0.3, -0.25) is 19.5 Å². The summed E-state index contributed by atoms with van der Waals surface area (Å²) in [5, 5.41) is 3.18. The van der Waals surface area contributed by atoms with Crippen molar-refractivity contribution < 1.29 is 27.5 Å². The van der Waals surface area contributed by atoms with Gasteiger partial charge in [0.15, 0.2) is 0 Å². The normalized spacial score (nSPS) is 19.4. The molecule has 6 rings (SSSR count). The summed E-state index contributed by atoms with van der Waals surface area (Å²) in [5.74, 6) is -0.0941. The van der Waals surface area contributed by atoms with Gasteiger partial charge >= 0.3 is 12.3 Å². The standard InChI is InChI=1S/C35H40F3N5O3/c36-35(37,38)29-10-6-25(7-11-29)21-42-18-14-34(15-19-42)24-43(33(45)46-34)23-26-4-8-28(9-5-26)32(44)40-31-12-16-41(17-13-31)22-27-2-1-3-30(39)20-27/h1-11,20,31H,12-19,21-24,39H2,(H,40,44). The molecule has 3 aromatic carbocycles. The first-order valence-electron chi connectivity index (χ1n) is 15.9. The highest BCUT2D eigenvalue weighted by molar-refractivity contribution is 5.94. The number of hydrogen-bond donors (Lipinski definition) is 2. The lowest BCUT2D eigenvalue weighted by Gasteiger charge is -2.37. The molecule has 0 aliphatic carbocycles. The number of halogens is 3. The Kier molecular flexibility index (Phi) is 9.24. The van der Waals surface area contributed by atoms with Crippen LogP contribution in [0.3, 0.4) is 0 Å². The molecule has 0 bridgehead atoms. The molecule has 0 radical (unpaired) electrons. The van der Waals surface area contributed by atoms with Crippen LogP contribution in [-0.4, -0.2) is 71.1 Å². The third-order valence-electron chi connectivity index (χ3n) is 9.37. The fraction of sp³-hybridized carbons (Fsp3) is 0.429. The Morgan fingerprint density at radius 1 is 0.848 bits per heavy atom. The van der Waals surface area contributed by atoms with Crippen LogP contribution in [0.2, 0.25) is 0 Å². The first-order chi connectivity index (χ1) is 22.0. The lowest BCUT2D eigenvalue weighted by molar-refractivity contribution is -0.137. The van der Waals surface area contributed by atoms with Crippen LogP contribution in [0.5, 0.6) is 0 Å². The quantitative estimate of drug-likeness (QED) is 0.310. The van der Waals surface area contributed by atoms with Crippen molar-refractivity contribution in [3.8, 4) is 0 Å². The van der Waals surface area contributed by atoms with Crippen molar-refractivity contribution in [3.63, 3.8) is 0 Å². The lowest BCUT2D eigenvalue weighted by atomic mass is 9.91. The van der Waals surface area contributed by atoms with Gasteiger partial charge in [-0.25, -0.2) is 4.79 Å². The zero-order valence-corrected chi connectivity index (χ0v) is 25.8. The summed E-state index contributed by atoms with van der Waals surface area (Å²) in [5.41, 5.74) is 8.99. The van der Waals surface area contributed by atoms with E-state index in [1.807, 2.05) is 30.3 Å². The van der Waals surface area contributed by atoms with Crippen LogP contribution in [0.15, 0.2) is 72.8 Å². The minimum absolute atomic E-state index is 0.0941. The van der Waals surface area contributed by atoms with Crippen LogP contribution in [0.4, 0.5) is 23.7 Å². The summed E-state index contributed by atoms with van der Waals surface area (Å²) >= 11 is 0. The SMILES string of the molecule is Nc1cccc(CN2CCC(NC(=O)c3ccc(CN4CC5(CCN(Cc6ccc(C(F)(F)F)cc6)CC5)OC4=O)cc3)CC2)c1. The number of alkyl halides is 3. The molecule has 1 spiro atoms. The molecule has 0 saturated carbocycles. The van der Waals surface area contributed by atoms with Crippen molar-refractivity contribution in [1.82, 2.24) is 20.0 Å². The zero-order chi connectivity index (χ0) is 32.3. The number of hydrogen-bond acceptors (Lipinski definition) is 6. The van der Waals surface area contributed by atoms with Crippen molar-refractivity contribution >= 4 is 17.7 Å². The molecule has 46 heavy (non-hydrogen) atoms. The molecule has 0 unspecified atom stereocenters. The second kappa shape index (κ2) is 13.3. The molecule has 3 aliphatic heterocycles. The van der Waals surface area contributed by atoms with Gasteiger partial charge in [0.25, 0.3) is 5.91 Å². The number of nitrogen functional groups attached to an aromatic ring is 1. The molecule has 3 fully saturated rings. The summed E-state index contributed by atoms with van der Waals surface area (Å²) in [6.07, 6.45) is -1.59. The Morgan fingerprint density at radius 2 is 1.46 bits per heavy atom. The Morgan fingerprint density at radius 3 is 2.11 bits per heavy atom. The summed E-state index contributed by atoms with van der Waals surface area (Å²) < 4.78 is 44.5. The predicted octanol–water partition coefficient (Wildman–Crippen LogP) is 5.67. The van der Waals surface area contributed by atoms with Gasteiger partial charge in [0.1, 0.15) is 5.60 Å². The van der Waals surface area contributed by atoms with Crippen LogP contribution < -0.4 is 11.1 Å². The van der Waals surface area contributed by atoms with E-state index in [-0.39, 0.29) is 18.0 Å².